The Labute approximate surface area is 238 Å². The van der Waals surface area contributed by atoms with E-state index in [0.29, 0.717) is 46.8 Å². The summed E-state index contributed by atoms with van der Waals surface area (Å²) in [5.74, 6) is -1.74. The molecule has 7 rings (SSSR count). The van der Waals surface area contributed by atoms with Crippen molar-refractivity contribution in [1.29, 1.82) is 0 Å². The molecule has 0 unspecified atom stereocenters. The maximum Gasteiger partial charge on any atom is 0.355 e. The van der Waals surface area contributed by atoms with Crippen LogP contribution in [0.15, 0.2) is 53.3 Å². The van der Waals surface area contributed by atoms with E-state index in [1.165, 1.54) is 19.1 Å². The van der Waals surface area contributed by atoms with Crippen LogP contribution in [-0.2, 0) is 44.2 Å². The molecule has 3 aliphatic heterocycles. The molecule has 0 radical (unpaired) electrons. The van der Waals surface area contributed by atoms with Gasteiger partial charge in [-0.25, -0.2) is 19.0 Å². The fraction of sp³-hybridized carbons (Fsp3) is 0.258. The van der Waals surface area contributed by atoms with Gasteiger partial charge in [0.15, 0.2) is 0 Å². The minimum absolute atomic E-state index is 0.0747. The fourth-order valence-corrected chi connectivity index (χ4v) is 6.30. The maximum atomic E-state index is 13.9. The van der Waals surface area contributed by atoms with Crippen LogP contribution in [-0.4, -0.2) is 34.1 Å². The number of halogens is 1. The number of nitrogens with one attached hydrogen (secondary N) is 1. The highest BCUT2D eigenvalue weighted by Gasteiger charge is 2.50. The first-order chi connectivity index (χ1) is 20.2. The van der Waals surface area contributed by atoms with Crippen molar-refractivity contribution in [3.05, 3.63) is 87.0 Å². The van der Waals surface area contributed by atoms with Crippen molar-refractivity contribution in [1.82, 2.24) is 9.55 Å². The van der Waals surface area contributed by atoms with Gasteiger partial charge in [-0.2, -0.15) is 0 Å². The largest absolute Gasteiger partial charge is 0.457 e. The van der Waals surface area contributed by atoms with Crippen LogP contribution in [0.1, 0.15) is 42.5 Å². The number of esters is 2. The summed E-state index contributed by atoms with van der Waals surface area (Å²) >= 11 is 0. The molecule has 0 bridgehead atoms. The van der Waals surface area contributed by atoms with Gasteiger partial charge >= 0.3 is 18.0 Å². The Morgan fingerprint density at radius 2 is 1.93 bits per heavy atom. The molecular weight excluding hydrogens is 543 g/mol. The van der Waals surface area contributed by atoms with Crippen molar-refractivity contribution < 1.29 is 28.2 Å². The molecule has 1 atom stereocenters. The number of urea groups is 1. The first-order valence-corrected chi connectivity index (χ1v) is 13.6. The van der Waals surface area contributed by atoms with Crippen molar-refractivity contribution in [2.24, 2.45) is 0 Å². The number of pyridine rings is 2. The van der Waals surface area contributed by atoms with E-state index in [1.807, 2.05) is 6.07 Å². The Hall–Kier alpha value is -5.06. The summed E-state index contributed by atoms with van der Waals surface area (Å²) in [5, 5.41) is 3.70. The van der Waals surface area contributed by atoms with Gasteiger partial charge in [-0.05, 0) is 48.7 Å². The van der Waals surface area contributed by atoms with Crippen LogP contribution in [0.3, 0.4) is 0 Å². The van der Waals surface area contributed by atoms with Crippen LogP contribution >= 0.6 is 0 Å². The van der Waals surface area contributed by atoms with Gasteiger partial charge in [0.2, 0.25) is 5.60 Å². The molecule has 10 nitrogen and oxygen atoms in total. The Morgan fingerprint density at radius 1 is 1.14 bits per heavy atom. The number of ether oxygens (including phenoxy) is 2. The molecule has 0 saturated heterocycles. The second kappa shape index (κ2) is 9.23. The lowest BCUT2D eigenvalue weighted by Crippen LogP contribution is -2.47. The summed E-state index contributed by atoms with van der Waals surface area (Å²) in [6.45, 7) is 3.09. The first kappa shape index (κ1) is 25.9. The molecule has 2 aromatic carbocycles. The van der Waals surface area contributed by atoms with Crippen LogP contribution in [0.5, 0.6) is 0 Å². The molecule has 11 heteroatoms. The van der Waals surface area contributed by atoms with Crippen LogP contribution in [0.25, 0.3) is 22.3 Å². The number of rotatable bonds is 5. The molecule has 2 amide bonds. The van der Waals surface area contributed by atoms with E-state index in [-0.39, 0.29) is 48.1 Å². The molecule has 1 N–H and O–H groups in total. The molecule has 212 valence electrons. The molecule has 3 aliphatic rings. The monoisotopic (exact) mass is 568 g/mol. The fourth-order valence-electron chi connectivity index (χ4n) is 6.30. The predicted octanol–water partition coefficient (Wildman–Crippen LogP) is 4.38. The van der Waals surface area contributed by atoms with Crippen LogP contribution in [0, 0.1) is 5.82 Å². The number of anilines is 2. The standard InChI is InChI=1S/C31H25FN4O6/c1-3-31(42-16(2)37)21-13-24-26-19(14-36(24)28(38)20(21)15-41-29(31)39)27-25-22(33-26)5-4-6-23(25)34-30(40)35(27)12-11-17-7-9-18(32)10-8-17/h4-10,13H,3,11-12,14-15H2,1-2H3,(H,34,40)/t31-/m0/s1. The lowest BCUT2D eigenvalue weighted by molar-refractivity contribution is -0.188. The van der Waals surface area contributed by atoms with Crippen molar-refractivity contribution in [3.8, 4) is 11.4 Å². The zero-order valence-corrected chi connectivity index (χ0v) is 22.8. The second-order valence-corrected chi connectivity index (χ2v) is 10.6. The molecule has 0 fully saturated rings. The van der Waals surface area contributed by atoms with Gasteiger partial charge < -0.3 is 19.4 Å². The highest BCUT2D eigenvalue weighted by molar-refractivity contribution is 6.19. The number of cyclic esters (lactones) is 1. The number of hydrogen-bond acceptors (Lipinski definition) is 7. The molecule has 42 heavy (non-hydrogen) atoms. The number of carbonyl (C=O) groups is 3. The summed E-state index contributed by atoms with van der Waals surface area (Å²) in [4.78, 5) is 59.0. The predicted molar refractivity (Wildman–Crippen MR) is 151 cm³/mol. The lowest BCUT2D eigenvalue weighted by Gasteiger charge is -2.35. The highest BCUT2D eigenvalue weighted by Crippen LogP contribution is 2.47. The third kappa shape index (κ3) is 3.65. The second-order valence-electron chi connectivity index (χ2n) is 10.6. The number of aromatic nitrogens is 2. The number of hydrogen-bond donors (Lipinski definition) is 1. The number of fused-ring (bicyclic) bond motifs is 5. The summed E-state index contributed by atoms with van der Waals surface area (Å²) < 4.78 is 25.9. The average Bonchev–Trinajstić information content (AvgIpc) is 3.34. The van der Waals surface area contributed by atoms with Crippen LogP contribution in [0.4, 0.5) is 20.6 Å². The van der Waals surface area contributed by atoms with Crippen molar-refractivity contribution in [3.63, 3.8) is 0 Å². The van der Waals surface area contributed by atoms with Gasteiger partial charge in [-0.15, -0.1) is 0 Å². The molecule has 0 spiro atoms. The van der Waals surface area contributed by atoms with Gasteiger partial charge in [-0.3, -0.25) is 14.5 Å². The maximum absolute atomic E-state index is 13.9. The minimum atomic E-state index is -1.75. The highest BCUT2D eigenvalue weighted by atomic mass is 19.1. The Kier molecular flexibility index (Phi) is 5.69. The Balaban J connectivity index is 1.42. The summed E-state index contributed by atoms with van der Waals surface area (Å²) in [6, 6.07) is 12.9. The smallest absolute Gasteiger partial charge is 0.355 e. The minimum Gasteiger partial charge on any atom is -0.457 e. The summed E-state index contributed by atoms with van der Waals surface area (Å²) in [7, 11) is 0. The first-order valence-electron chi connectivity index (χ1n) is 13.6. The summed E-state index contributed by atoms with van der Waals surface area (Å²) in [5.41, 5.74) is 2.78. The Morgan fingerprint density at radius 3 is 2.67 bits per heavy atom. The lowest BCUT2D eigenvalue weighted by atomic mass is 9.85. The zero-order valence-electron chi connectivity index (χ0n) is 22.8. The topological polar surface area (TPSA) is 120 Å². The van der Waals surface area contributed by atoms with E-state index >= 15 is 0 Å². The molecule has 4 aromatic rings. The van der Waals surface area contributed by atoms with E-state index in [2.05, 4.69) is 5.32 Å². The van der Waals surface area contributed by atoms with E-state index in [0.717, 1.165) is 10.9 Å². The van der Waals surface area contributed by atoms with E-state index in [4.69, 9.17) is 14.5 Å². The Bertz CT molecular complexity index is 1920. The summed E-state index contributed by atoms with van der Waals surface area (Å²) in [6.07, 6.45) is 0.543. The van der Waals surface area contributed by atoms with Crippen molar-refractivity contribution in [2.75, 3.05) is 16.8 Å². The van der Waals surface area contributed by atoms with Crippen molar-refractivity contribution >= 4 is 40.2 Å². The molecule has 0 aliphatic carbocycles. The van der Waals surface area contributed by atoms with Gasteiger partial charge in [0.1, 0.15) is 12.4 Å². The van der Waals surface area contributed by atoms with Gasteiger partial charge in [0, 0.05) is 30.0 Å². The van der Waals surface area contributed by atoms with E-state index in [9.17, 15) is 23.6 Å². The quantitative estimate of drug-likeness (QED) is 0.313. The molecule has 0 saturated carbocycles. The number of amides is 2. The SMILES string of the molecule is CC[C@@]1(OC(C)=O)C(=O)OCc2c1cc1n(c2=O)Cc2c-1nc1cccc3c1c2N(CCc1ccc(F)cc1)C(=O)N3. The average molecular weight is 569 g/mol. The third-order valence-electron chi connectivity index (χ3n) is 8.26. The van der Waals surface area contributed by atoms with Crippen LogP contribution < -0.4 is 15.8 Å². The van der Waals surface area contributed by atoms with Gasteiger partial charge in [0.25, 0.3) is 5.56 Å². The number of nitrogens with zero attached hydrogens (tertiary/aromatic N) is 3. The van der Waals surface area contributed by atoms with Gasteiger partial charge in [-0.1, -0.05) is 25.1 Å². The molecule has 5 heterocycles. The van der Waals surface area contributed by atoms with Crippen molar-refractivity contribution in [2.45, 2.75) is 45.4 Å². The molecule has 2 aromatic heterocycles. The molecular formula is C31H25FN4O6. The number of benzene rings is 2. The van der Waals surface area contributed by atoms with E-state index in [1.54, 1.807) is 46.7 Å². The zero-order chi connectivity index (χ0) is 29.3. The normalized spacial score (nSPS) is 18.2. The van der Waals surface area contributed by atoms with Crippen LogP contribution in [0.2, 0.25) is 0 Å². The third-order valence-corrected chi connectivity index (χ3v) is 8.26. The van der Waals surface area contributed by atoms with E-state index < -0.39 is 17.5 Å². The van der Waals surface area contributed by atoms with Gasteiger partial charge in [0.05, 0.1) is 40.4 Å². The number of carbonyl (C=O) groups excluding carboxylic acids is 3.